The van der Waals surface area contributed by atoms with E-state index in [4.69, 9.17) is 23.4 Å². The highest BCUT2D eigenvalue weighted by atomic mass is 16.6. The molecule has 0 N–H and O–H groups in total. The van der Waals surface area contributed by atoms with E-state index in [0.717, 1.165) is 61.2 Å². The zero-order valence-electron chi connectivity index (χ0n) is 34.8. The van der Waals surface area contributed by atoms with Crippen molar-refractivity contribution in [3.63, 3.8) is 0 Å². The van der Waals surface area contributed by atoms with Crippen LogP contribution in [0.5, 0.6) is 17.2 Å². The first-order chi connectivity index (χ1) is 26.9. The van der Waals surface area contributed by atoms with Gasteiger partial charge in [-0.1, -0.05) is 71.6 Å². The number of benzene rings is 2. The predicted molar refractivity (Wildman–Crippen MR) is 221 cm³/mol. The number of aryl methyl sites for hydroxylation is 1. The molecule has 5 aliphatic rings. The standard InChI is InChI=1S/C49H64O7/c1-30(2)9-7-10-31(3)34-11-17-40-38-15-13-35-26-37(19-22-49(35,6)41(38)20-21-48(40,5)28-34)56-45(50)29-54-36-14-16-39-43(27-36)55-32(4)46(47(39)51)33-12-18-42-44(25-33)53-24-8-23-52-42/h12-14,16,18,25,27,30-31,34,37-38,40-41H,7-11,15,17,19-24,26,28-29H2,1-6H3/t31-,34+,37-,38+,40-,41+,48+,49-/m0/s1. The minimum absolute atomic E-state index is 0.121. The number of rotatable bonds is 10. The van der Waals surface area contributed by atoms with Gasteiger partial charge in [0.05, 0.1) is 24.2 Å². The van der Waals surface area contributed by atoms with Crippen LogP contribution in [-0.2, 0) is 9.53 Å². The van der Waals surface area contributed by atoms with Gasteiger partial charge in [-0.2, -0.15) is 0 Å². The maximum absolute atomic E-state index is 13.7. The maximum atomic E-state index is 13.7. The molecule has 302 valence electrons. The van der Waals surface area contributed by atoms with Crippen molar-refractivity contribution in [3.8, 4) is 28.4 Å². The zero-order valence-corrected chi connectivity index (χ0v) is 34.8. The first kappa shape index (κ1) is 39.1. The summed E-state index contributed by atoms with van der Waals surface area (Å²) in [6, 6.07) is 10.6. The summed E-state index contributed by atoms with van der Waals surface area (Å²) in [6.45, 7) is 15.2. The van der Waals surface area contributed by atoms with Gasteiger partial charge in [-0.3, -0.25) is 4.79 Å². The molecule has 0 unspecified atom stereocenters. The molecule has 8 atom stereocenters. The van der Waals surface area contributed by atoms with Gasteiger partial charge in [0, 0.05) is 18.9 Å². The van der Waals surface area contributed by atoms with Crippen LogP contribution in [0, 0.1) is 53.3 Å². The van der Waals surface area contributed by atoms with Gasteiger partial charge in [-0.05, 0) is 134 Å². The fourth-order valence-corrected chi connectivity index (χ4v) is 12.0. The molecule has 2 aromatic carbocycles. The highest BCUT2D eigenvalue weighted by molar-refractivity contribution is 5.84. The quantitative estimate of drug-likeness (QED) is 0.150. The molecular weight excluding hydrogens is 701 g/mol. The minimum Gasteiger partial charge on any atom is -0.490 e. The van der Waals surface area contributed by atoms with E-state index in [1.54, 1.807) is 25.1 Å². The van der Waals surface area contributed by atoms with Crippen molar-refractivity contribution in [2.24, 2.45) is 46.3 Å². The third-order valence-corrected chi connectivity index (χ3v) is 15.1. The van der Waals surface area contributed by atoms with Crippen LogP contribution in [0.15, 0.2) is 57.3 Å². The van der Waals surface area contributed by atoms with Crippen LogP contribution in [0.2, 0.25) is 0 Å². The van der Waals surface area contributed by atoms with Crippen molar-refractivity contribution in [2.75, 3.05) is 19.8 Å². The molecule has 0 bridgehead atoms. The highest BCUT2D eigenvalue weighted by Gasteiger charge is 2.56. The van der Waals surface area contributed by atoms with Crippen LogP contribution >= 0.6 is 0 Å². The van der Waals surface area contributed by atoms with Crippen LogP contribution in [0.1, 0.15) is 124 Å². The van der Waals surface area contributed by atoms with Gasteiger partial charge in [0.1, 0.15) is 23.2 Å². The summed E-state index contributed by atoms with van der Waals surface area (Å²) < 4.78 is 29.8. The van der Waals surface area contributed by atoms with Gasteiger partial charge in [-0.25, -0.2) is 4.79 Å². The number of esters is 1. The summed E-state index contributed by atoms with van der Waals surface area (Å²) in [6.07, 6.45) is 18.3. The Balaban J connectivity index is 0.867. The molecule has 8 rings (SSSR count). The second-order valence-electron chi connectivity index (χ2n) is 19.2. The number of carbonyl (C=O) groups excluding carboxylic acids is 1. The first-order valence-corrected chi connectivity index (χ1v) is 21.9. The Morgan fingerprint density at radius 3 is 2.57 bits per heavy atom. The van der Waals surface area contributed by atoms with Crippen molar-refractivity contribution >= 4 is 16.9 Å². The highest BCUT2D eigenvalue weighted by Crippen LogP contribution is 2.65. The molecule has 1 aromatic heterocycles. The lowest BCUT2D eigenvalue weighted by Gasteiger charge is -2.61. The summed E-state index contributed by atoms with van der Waals surface area (Å²) in [4.78, 5) is 26.8. The Morgan fingerprint density at radius 1 is 0.929 bits per heavy atom. The molecule has 0 amide bonds. The van der Waals surface area contributed by atoms with E-state index in [2.05, 4.69) is 40.7 Å². The molecule has 0 spiro atoms. The van der Waals surface area contributed by atoms with Crippen molar-refractivity contribution in [2.45, 2.75) is 131 Å². The SMILES string of the molecule is Cc1oc2cc(OCC(=O)O[C@H]3CC[C@@]4(C)C(=CC[C@H]5[C@H]4CC[C@]4(C)C[C@H]([C@@H](C)CCCC(C)C)CC[C@@H]54)C3)ccc2c(=O)c1-c1ccc2c(c1)OCCCO2. The summed E-state index contributed by atoms with van der Waals surface area (Å²) in [7, 11) is 0. The summed E-state index contributed by atoms with van der Waals surface area (Å²) >= 11 is 0. The number of hydrogen-bond acceptors (Lipinski definition) is 7. The molecule has 0 saturated heterocycles. The van der Waals surface area contributed by atoms with Gasteiger partial charge >= 0.3 is 5.97 Å². The lowest BCUT2D eigenvalue weighted by atomic mass is 9.44. The predicted octanol–water partition coefficient (Wildman–Crippen LogP) is 11.7. The Hall–Kier alpha value is -3.74. The molecule has 56 heavy (non-hydrogen) atoms. The molecule has 2 heterocycles. The van der Waals surface area contributed by atoms with Gasteiger partial charge in [-0.15, -0.1) is 0 Å². The average molecular weight is 765 g/mol. The summed E-state index contributed by atoms with van der Waals surface area (Å²) in [5.41, 5.74) is 3.69. The van der Waals surface area contributed by atoms with E-state index in [1.165, 1.54) is 63.4 Å². The Morgan fingerprint density at radius 2 is 1.75 bits per heavy atom. The minimum atomic E-state index is -0.362. The van der Waals surface area contributed by atoms with Gasteiger partial charge in [0.15, 0.2) is 18.1 Å². The van der Waals surface area contributed by atoms with Crippen LogP contribution in [0.25, 0.3) is 22.1 Å². The van der Waals surface area contributed by atoms with Crippen molar-refractivity contribution in [1.29, 1.82) is 0 Å². The van der Waals surface area contributed by atoms with Crippen LogP contribution in [-0.4, -0.2) is 31.9 Å². The third-order valence-electron chi connectivity index (χ3n) is 15.1. The monoisotopic (exact) mass is 764 g/mol. The van der Waals surface area contributed by atoms with Crippen LogP contribution in [0.4, 0.5) is 0 Å². The van der Waals surface area contributed by atoms with Crippen molar-refractivity contribution < 1.29 is 28.2 Å². The summed E-state index contributed by atoms with van der Waals surface area (Å²) in [5, 5.41) is 0.443. The summed E-state index contributed by atoms with van der Waals surface area (Å²) in [5.74, 6) is 6.79. The molecule has 3 fully saturated rings. The fraction of sp³-hybridized carbons (Fsp3) is 0.633. The van der Waals surface area contributed by atoms with E-state index in [-0.39, 0.29) is 29.5 Å². The third kappa shape index (κ3) is 7.65. The number of ether oxygens (including phenoxy) is 4. The largest absolute Gasteiger partial charge is 0.490 e. The lowest BCUT2D eigenvalue weighted by Crippen LogP contribution is -2.52. The van der Waals surface area contributed by atoms with Gasteiger partial charge in [0.2, 0.25) is 5.43 Å². The average Bonchev–Trinajstić information content (AvgIpc) is 3.41. The Kier molecular flexibility index (Phi) is 11.1. The number of carbonyl (C=O) groups is 1. The molecule has 7 nitrogen and oxygen atoms in total. The second kappa shape index (κ2) is 15.9. The molecule has 0 radical (unpaired) electrons. The van der Waals surface area contributed by atoms with Crippen LogP contribution in [0.3, 0.4) is 0 Å². The first-order valence-electron chi connectivity index (χ1n) is 21.9. The second-order valence-corrected chi connectivity index (χ2v) is 19.2. The number of fused-ring (bicyclic) bond motifs is 7. The van der Waals surface area contributed by atoms with E-state index >= 15 is 0 Å². The van der Waals surface area contributed by atoms with Gasteiger partial charge in [0.25, 0.3) is 0 Å². The van der Waals surface area contributed by atoms with Crippen molar-refractivity contribution in [3.05, 3.63) is 64.0 Å². The zero-order chi connectivity index (χ0) is 39.2. The molecule has 3 saturated carbocycles. The van der Waals surface area contributed by atoms with E-state index in [9.17, 15) is 9.59 Å². The van der Waals surface area contributed by atoms with Gasteiger partial charge < -0.3 is 23.4 Å². The maximum Gasteiger partial charge on any atom is 0.344 e. The number of allylic oxidation sites excluding steroid dienone is 1. The van der Waals surface area contributed by atoms with E-state index < -0.39 is 0 Å². The van der Waals surface area contributed by atoms with E-state index in [1.807, 2.05) is 18.2 Å². The molecular formula is C49H64O7. The normalized spacial score (nSPS) is 30.3. The Labute approximate surface area is 333 Å². The molecule has 3 aromatic rings. The fourth-order valence-electron chi connectivity index (χ4n) is 12.0. The smallest absolute Gasteiger partial charge is 0.344 e. The Bertz CT molecular complexity index is 2010. The molecule has 4 aliphatic carbocycles. The van der Waals surface area contributed by atoms with E-state index in [0.29, 0.717) is 63.7 Å². The topological polar surface area (TPSA) is 84.2 Å². The van der Waals surface area contributed by atoms with Crippen LogP contribution < -0.4 is 19.6 Å². The van der Waals surface area contributed by atoms with Crippen molar-refractivity contribution in [1.82, 2.24) is 0 Å². The molecule has 1 aliphatic heterocycles. The molecule has 7 heteroatoms. The lowest BCUT2D eigenvalue weighted by molar-refractivity contribution is -0.154. The number of hydrogen-bond donors (Lipinski definition) is 0.